The van der Waals surface area contributed by atoms with E-state index in [1.165, 1.54) is 30.3 Å². The van der Waals surface area contributed by atoms with Gasteiger partial charge in [-0.1, -0.05) is 36.4 Å². The van der Waals surface area contributed by atoms with Gasteiger partial charge >= 0.3 is 12.3 Å². The third-order valence-corrected chi connectivity index (χ3v) is 5.70. The topological polar surface area (TPSA) is 47.9 Å². The van der Waals surface area contributed by atoms with E-state index in [9.17, 15) is 35.1 Å². The summed E-state index contributed by atoms with van der Waals surface area (Å²) in [5.41, 5.74) is 1.00. The lowest BCUT2D eigenvalue weighted by molar-refractivity contribution is -0.361. The summed E-state index contributed by atoms with van der Waals surface area (Å²) in [7, 11) is 0. The van der Waals surface area contributed by atoms with Crippen LogP contribution in [0.4, 0.5) is 35.1 Å². The van der Waals surface area contributed by atoms with Crippen LogP contribution in [0.1, 0.15) is 11.5 Å². The molecule has 4 nitrogen and oxygen atoms in total. The Morgan fingerprint density at radius 2 is 1.38 bits per heavy atom. The van der Waals surface area contributed by atoms with E-state index in [0.717, 1.165) is 6.07 Å². The highest BCUT2D eigenvalue weighted by Crippen LogP contribution is 2.40. The van der Waals surface area contributed by atoms with Gasteiger partial charge in [0.1, 0.15) is 5.82 Å². The number of aliphatic hydroxyl groups excluding tert-OH is 1. The average molecular weight is 534 g/mol. The molecule has 37 heavy (non-hydrogen) atoms. The molecule has 1 heterocycles. The summed E-state index contributed by atoms with van der Waals surface area (Å²) in [6.45, 7) is 0.0125. The van der Waals surface area contributed by atoms with Crippen LogP contribution in [0.3, 0.4) is 0 Å². The molecular formula is C25H18F8O4. The second-order valence-corrected chi connectivity index (χ2v) is 8.15. The van der Waals surface area contributed by atoms with Gasteiger partial charge in [0.2, 0.25) is 5.82 Å². The molecule has 1 saturated heterocycles. The fourth-order valence-electron chi connectivity index (χ4n) is 3.74. The molecule has 0 radical (unpaired) electrons. The van der Waals surface area contributed by atoms with Gasteiger partial charge in [-0.15, -0.1) is 0 Å². The first kappa shape index (κ1) is 26.8. The zero-order valence-electron chi connectivity index (χ0n) is 18.7. The van der Waals surface area contributed by atoms with E-state index in [1.54, 1.807) is 12.1 Å². The molecule has 0 unspecified atom stereocenters. The molecular weight excluding hydrogens is 516 g/mol. The lowest BCUT2D eigenvalue weighted by Gasteiger charge is -2.28. The molecule has 0 bridgehead atoms. The van der Waals surface area contributed by atoms with Crippen LogP contribution in [-0.4, -0.2) is 43.5 Å². The lowest BCUT2D eigenvalue weighted by atomic mass is 9.95. The van der Waals surface area contributed by atoms with Crippen molar-refractivity contribution >= 4 is 0 Å². The molecule has 0 amide bonds. The first-order valence-corrected chi connectivity index (χ1v) is 10.8. The SMILES string of the molecule is OCC1OCC(c2ccc(-c3ccc(-c4ccc(OC(F)(F)C(F)(F)F)c(F)c4F)cc3)cc2F)CO1. The first-order valence-electron chi connectivity index (χ1n) is 10.8. The molecule has 1 aliphatic heterocycles. The summed E-state index contributed by atoms with van der Waals surface area (Å²) in [6.07, 6.45) is -12.6. The number of ether oxygens (including phenoxy) is 3. The molecule has 0 aromatic heterocycles. The minimum atomic E-state index is -6.12. The van der Waals surface area contributed by atoms with E-state index >= 15 is 0 Å². The largest absolute Gasteiger partial charge is 0.499 e. The third kappa shape index (κ3) is 5.55. The van der Waals surface area contributed by atoms with Crippen LogP contribution in [-0.2, 0) is 9.47 Å². The number of benzene rings is 3. The standard InChI is InChI=1S/C25H18F8O4/c26-19-9-15(5-6-17(19)16-11-35-21(10-34)36-12-16)13-1-3-14(4-2-13)18-7-8-20(23(28)22(18)27)37-25(32,33)24(29,30)31/h1-9,16,21,34H,10-12H2. The van der Waals surface area contributed by atoms with Crippen molar-refractivity contribution in [3.8, 4) is 28.0 Å². The zero-order valence-corrected chi connectivity index (χ0v) is 18.7. The second-order valence-electron chi connectivity index (χ2n) is 8.15. The van der Waals surface area contributed by atoms with Crippen LogP contribution >= 0.6 is 0 Å². The molecule has 0 atom stereocenters. The van der Waals surface area contributed by atoms with E-state index < -0.39 is 47.3 Å². The smallest absolute Gasteiger partial charge is 0.423 e. The monoisotopic (exact) mass is 534 g/mol. The molecule has 1 fully saturated rings. The van der Waals surface area contributed by atoms with Gasteiger partial charge in [-0.2, -0.15) is 26.3 Å². The van der Waals surface area contributed by atoms with Gasteiger partial charge in [0.25, 0.3) is 0 Å². The highest BCUT2D eigenvalue weighted by Gasteiger charge is 2.61. The third-order valence-electron chi connectivity index (χ3n) is 5.70. The molecule has 198 valence electrons. The zero-order chi connectivity index (χ0) is 27.0. The predicted molar refractivity (Wildman–Crippen MR) is 114 cm³/mol. The van der Waals surface area contributed by atoms with E-state index in [-0.39, 0.29) is 31.3 Å². The number of aliphatic hydroxyl groups is 1. The molecule has 12 heteroatoms. The Morgan fingerprint density at radius 3 is 1.95 bits per heavy atom. The fraction of sp³-hybridized carbons (Fsp3) is 0.280. The van der Waals surface area contributed by atoms with Crippen molar-refractivity contribution < 1.29 is 54.4 Å². The Morgan fingerprint density at radius 1 is 0.784 bits per heavy atom. The Balaban J connectivity index is 1.53. The Kier molecular flexibility index (Phi) is 7.45. The maximum Gasteiger partial charge on any atom is 0.499 e. The van der Waals surface area contributed by atoms with E-state index in [0.29, 0.717) is 22.8 Å². The number of hydrogen-bond donors (Lipinski definition) is 1. The van der Waals surface area contributed by atoms with E-state index in [2.05, 4.69) is 4.74 Å². The number of alkyl halides is 5. The molecule has 3 aromatic rings. The minimum Gasteiger partial charge on any atom is -0.423 e. The van der Waals surface area contributed by atoms with Crippen LogP contribution in [0.25, 0.3) is 22.3 Å². The van der Waals surface area contributed by atoms with Crippen LogP contribution in [0.5, 0.6) is 5.75 Å². The van der Waals surface area contributed by atoms with Gasteiger partial charge in [-0.25, -0.2) is 8.78 Å². The molecule has 1 aliphatic rings. The fourth-order valence-corrected chi connectivity index (χ4v) is 3.74. The molecule has 0 aliphatic carbocycles. The molecule has 1 N–H and O–H groups in total. The highest BCUT2D eigenvalue weighted by molar-refractivity contribution is 5.71. The summed E-state index contributed by atoms with van der Waals surface area (Å²) >= 11 is 0. The van der Waals surface area contributed by atoms with Crippen molar-refractivity contribution in [2.24, 2.45) is 0 Å². The molecule has 3 aromatic carbocycles. The van der Waals surface area contributed by atoms with Gasteiger partial charge in [-0.05, 0) is 40.5 Å². The average Bonchev–Trinajstić information content (AvgIpc) is 2.86. The number of hydrogen-bond acceptors (Lipinski definition) is 4. The predicted octanol–water partition coefficient (Wildman–Crippen LogP) is 6.42. The summed E-state index contributed by atoms with van der Waals surface area (Å²) in [4.78, 5) is 0. The Hall–Kier alpha value is -3.22. The van der Waals surface area contributed by atoms with Gasteiger partial charge in [0.05, 0.1) is 19.8 Å². The van der Waals surface area contributed by atoms with Crippen LogP contribution < -0.4 is 4.74 Å². The molecule has 0 saturated carbocycles. The summed E-state index contributed by atoms with van der Waals surface area (Å²) in [5, 5.41) is 9.03. The Labute approximate surface area is 205 Å². The van der Waals surface area contributed by atoms with Gasteiger partial charge < -0.3 is 19.3 Å². The van der Waals surface area contributed by atoms with Crippen molar-refractivity contribution in [2.75, 3.05) is 19.8 Å². The van der Waals surface area contributed by atoms with Crippen molar-refractivity contribution in [2.45, 2.75) is 24.5 Å². The van der Waals surface area contributed by atoms with E-state index in [4.69, 9.17) is 14.6 Å². The first-order chi connectivity index (χ1) is 17.4. The maximum absolute atomic E-state index is 14.8. The summed E-state index contributed by atoms with van der Waals surface area (Å²) in [5.74, 6) is -6.19. The normalized spacial score (nSPS) is 18.6. The van der Waals surface area contributed by atoms with Gasteiger partial charge in [0, 0.05) is 11.5 Å². The van der Waals surface area contributed by atoms with Crippen LogP contribution in [0.15, 0.2) is 54.6 Å². The summed E-state index contributed by atoms with van der Waals surface area (Å²) in [6, 6.07) is 11.4. The summed E-state index contributed by atoms with van der Waals surface area (Å²) < 4.78 is 121. The molecule has 0 spiro atoms. The van der Waals surface area contributed by atoms with Crippen LogP contribution in [0.2, 0.25) is 0 Å². The maximum atomic E-state index is 14.8. The van der Waals surface area contributed by atoms with Crippen molar-refractivity contribution in [3.05, 3.63) is 77.6 Å². The van der Waals surface area contributed by atoms with Gasteiger partial charge in [-0.3, -0.25) is 0 Å². The lowest BCUT2D eigenvalue weighted by Crippen LogP contribution is -2.42. The van der Waals surface area contributed by atoms with Gasteiger partial charge in [0.15, 0.2) is 17.9 Å². The van der Waals surface area contributed by atoms with Crippen molar-refractivity contribution in [1.29, 1.82) is 0 Å². The van der Waals surface area contributed by atoms with Crippen molar-refractivity contribution in [1.82, 2.24) is 0 Å². The number of rotatable bonds is 6. The molecule has 4 rings (SSSR count). The minimum absolute atomic E-state index is 0.0846. The highest BCUT2D eigenvalue weighted by atomic mass is 19.4. The quantitative estimate of drug-likeness (QED) is 0.371. The second kappa shape index (κ2) is 10.3. The van der Waals surface area contributed by atoms with Crippen molar-refractivity contribution in [3.63, 3.8) is 0 Å². The van der Waals surface area contributed by atoms with Crippen LogP contribution in [0, 0.1) is 17.5 Å². The Bertz CT molecular complexity index is 1250. The van der Waals surface area contributed by atoms with E-state index in [1.807, 2.05) is 0 Å². The number of halogens is 8.